The summed E-state index contributed by atoms with van der Waals surface area (Å²) in [5, 5.41) is 1.37. The third-order valence-electron chi connectivity index (χ3n) is 8.02. The molecule has 6 rings (SSSR count). The highest BCUT2D eigenvalue weighted by atomic mass is 16.2. The lowest BCUT2D eigenvalue weighted by Crippen LogP contribution is -2.65. The van der Waals surface area contributed by atoms with Gasteiger partial charge in [0.1, 0.15) is 5.66 Å². The number of aromatic nitrogens is 1. The van der Waals surface area contributed by atoms with Crippen molar-refractivity contribution in [2.75, 3.05) is 13.1 Å². The third kappa shape index (κ3) is 1.85. The second-order valence-corrected chi connectivity index (χ2v) is 9.20. The molecular weight excluding hydrogens is 334 g/mol. The van der Waals surface area contributed by atoms with Crippen molar-refractivity contribution in [3.63, 3.8) is 0 Å². The van der Waals surface area contributed by atoms with Gasteiger partial charge in [-0.3, -0.25) is 9.69 Å². The molecule has 1 saturated carbocycles. The Morgan fingerprint density at radius 2 is 2.04 bits per heavy atom. The summed E-state index contributed by atoms with van der Waals surface area (Å²) in [7, 11) is 0. The number of likely N-dealkylation sites (tertiary alicyclic amines) is 1. The molecule has 142 valence electrons. The van der Waals surface area contributed by atoms with Crippen LogP contribution in [0.25, 0.3) is 10.9 Å². The molecule has 2 atom stereocenters. The Morgan fingerprint density at radius 3 is 2.85 bits per heavy atom. The predicted octanol–water partition coefficient (Wildman–Crippen LogP) is 4.15. The third-order valence-corrected chi connectivity index (χ3v) is 8.02. The monoisotopic (exact) mass is 363 g/mol. The molecule has 2 aromatic rings. The van der Waals surface area contributed by atoms with E-state index in [0.717, 1.165) is 32.4 Å². The minimum absolute atomic E-state index is 0.0409. The predicted molar refractivity (Wildman–Crippen MR) is 106 cm³/mol. The first-order valence-electron chi connectivity index (χ1n) is 10.9. The summed E-state index contributed by atoms with van der Waals surface area (Å²) < 4.78 is 0. The Kier molecular flexibility index (Phi) is 3.22. The second-order valence-electron chi connectivity index (χ2n) is 9.20. The number of para-hydroxylation sites is 1. The fraction of sp³-hybridized carbons (Fsp3) is 0.609. The zero-order chi connectivity index (χ0) is 18.2. The molecule has 4 aliphatic rings. The van der Waals surface area contributed by atoms with Gasteiger partial charge in [0, 0.05) is 41.9 Å². The molecule has 1 aromatic heterocycles. The van der Waals surface area contributed by atoms with Gasteiger partial charge in [0.2, 0.25) is 5.91 Å². The highest BCUT2D eigenvalue weighted by Crippen LogP contribution is 2.64. The summed E-state index contributed by atoms with van der Waals surface area (Å²) in [6, 6.07) is 9.19. The quantitative estimate of drug-likeness (QED) is 0.870. The van der Waals surface area contributed by atoms with Gasteiger partial charge in [-0.15, -0.1) is 0 Å². The molecule has 3 aliphatic heterocycles. The molecular formula is C23H29N3O. The molecule has 1 spiro atoms. The lowest BCUT2D eigenvalue weighted by Gasteiger charge is -2.56. The van der Waals surface area contributed by atoms with Gasteiger partial charge >= 0.3 is 0 Å². The van der Waals surface area contributed by atoms with E-state index in [2.05, 4.69) is 46.0 Å². The van der Waals surface area contributed by atoms with Crippen molar-refractivity contribution in [2.45, 2.75) is 70.0 Å². The van der Waals surface area contributed by atoms with E-state index in [1.807, 2.05) is 0 Å². The SMILES string of the molecule is CC[C@@]12CCCCN3CCc4c([nH]c5ccccc45)[C@]31N(C1CC1)C(=O)C2. The molecule has 3 fully saturated rings. The minimum Gasteiger partial charge on any atom is -0.355 e. The van der Waals surface area contributed by atoms with Crippen LogP contribution in [0.1, 0.15) is 63.1 Å². The zero-order valence-corrected chi connectivity index (χ0v) is 16.3. The van der Waals surface area contributed by atoms with E-state index < -0.39 is 0 Å². The molecule has 4 heteroatoms. The van der Waals surface area contributed by atoms with Crippen molar-refractivity contribution >= 4 is 16.8 Å². The molecule has 0 radical (unpaired) electrons. The molecule has 1 N–H and O–H groups in total. The smallest absolute Gasteiger partial charge is 0.225 e. The Hall–Kier alpha value is -1.81. The van der Waals surface area contributed by atoms with E-state index in [4.69, 9.17) is 0 Å². The average molecular weight is 364 g/mol. The molecule has 1 aliphatic carbocycles. The van der Waals surface area contributed by atoms with Crippen LogP contribution in [0.5, 0.6) is 0 Å². The number of aromatic amines is 1. The van der Waals surface area contributed by atoms with Crippen LogP contribution in [-0.4, -0.2) is 39.8 Å². The fourth-order valence-electron chi connectivity index (χ4n) is 6.78. The van der Waals surface area contributed by atoms with Crippen molar-refractivity contribution in [1.82, 2.24) is 14.8 Å². The summed E-state index contributed by atoms with van der Waals surface area (Å²) in [4.78, 5) is 22.4. The van der Waals surface area contributed by atoms with Crippen molar-refractivity contribution in [3.05, 3.63) is 35.5 Å². The van der Waals surface area contributed by atoms with Gasteiger partial charge in [0.25, 0.3) is 0 Å². The van der Waals surface area contributed by atoms with E-state index in [1.165, 1.54) is 54.3 Å². The number of nitrogens with zero attached hydrogens (tertiary/aromatic N) is 2. The maximum atomic E-state index is 13.5. The van der Waals surface area contributed by atoms with Gasteiger partial charge in [0.15, 0.2) is 0 Å². The summed E-state index contributed by atoms with van der Waals surface area (Å²) in [6.45, 7) is 4.52. The Balaban J connectivity index is 1.70. The number of fused-ring (bicyclic) bond motifs is 3. The Bertz CT molecular complexity index is 929. The van der Waals surface area contributed by atoms with E-state index in [1.54, 1.807) is 0 Å². The molecule has 4 nitrogen and oxygen atoms in total. The van der Waals surface area contributed by atoms with Crippen LogP contribution >= 0.6 is 0 Å². The molecule has 0 unspecified atom stereocenters. The van der Waals surface area contributed by atoms with Crippen molar-refractivity contribution < 1.29 is 4.79 Å². The minimum atomic E-state index is -0.247. The number of hydrogen-bond donors (Lipinski definition) is 1. The molecule has 2 saturated heterocycles. The number of H-pyrrole nitrogens is 1. The van der Waals surface area contributed by atoms with E-state index in [0.29, 0.717) is 11.9 Å². The van der Waals surface area contributed by atoms with Gasteiger partial charge < -0.3 is 9.88 Å². The van der Waals surface area contributed by atoms with Crippen LogP contribution in [-0.2, 0) is 16.9 Å². The van der Waals surface area contributed by atoms with Gasteiger partial charge in [0.05, 0.1) is 5.69 Å². The van der Waals surface area contributed by atoms with Crippen LogP contribution < -0.4 is 0 Å². The summed E-state index contributed by atoms with van der Waals surface area (Å²) in [5.74, 6) is 0.401. The number of carbonyl (C=O) groups is 1. The molecule has 0 bridgehead atoms. The second kappa shape index (κ2) is 5.38. The first-order valence-corrected chi connectivity index (χ1v) is 10.9. The largest absolute Gasteiger partial charge is 0.355 e. The highest BCUT2D eigenvalue weighted by Gasteiger charge is 2.69. The average Bonchev–Trinajstić information content (AvgIpc) is 3.41. The number of nitrogens with one attached hydrogen (secondary N) is 1. The maximum absolute atomic E-state index is 13.5. The summed E-state index contributed by atoms with van der Waals surface area (Å²) >= 11 is 0. The number of carbonyl (C=O) groups excluding carboxylic acids is 1. The van der Waals surface area contributed by atoms with E-state index >= 15 is 0 Å². The number of hydrogen-bond acceptors (Lipinski definition) is 2. The van der Waals surface area contributed by atoms with Crippen LogP contribution in [0.2, 0.25) is 0 Å². The first kappa shape index (κ1) is 16.2. The molecule has 1 aromatic carbocycles. The van der Waals surface area contributed by atoms with Crippen LogP contribution in [0, 0.1) is 5.41 Å². The highest BCUT2D eigenvalue weighted by molar-refractivity contribution is 5.88. The normalized spacial score (nSPS) is 33.7. The van der Waals surface area contributed by atoms with E-state index in [-0.39, 0.29) is 11.1 Å². The first-order chi connectivity index (χ1) is 13.2. The van der Waals surface area contributed by atoms with Crippen molar-refractivity contribution in [2.24, 2.45) is 5.41 Å². The standard InChI is InChI=1S/C23H29N3O/c1-2-22-12-5-6-13-25-14-11-18-17-7-3-4-8-19(17)24-21(18)23(22,25)26(16-9-10-16)20(27)15-22/h3-4,7-8,16,24H,2,5-6,9-15H2,1H3/t22-,23+/m0/s1. The van der Waals surface area contributed by atoms with Gasteiger partial charge in [-0.05, 0) is 50.2 Å². The zero-order valence-electron chi connectivity index (χ0n) is 16.3. The van der Waals surface area contributed by atoms with Gasteiger partial charge in [-0.25, -0.2) is 0 Å². The van der Waals surface area contributed by atoms with Crippen molar-refractivity contribution in [1.29, 1.82) is 0 Å². The fourth-order valence-corrected chi connectivity index (χ4v) is 6.78. The van der Waals surface area contributed by atoms with E-state index in [9.17, 15) is 4.79 Å². The topological polar surface area (TPSA) is 39.3 Å². The lowest BCUT2D eigenvalue weighted by molar-refractivity contribution is -0.151. The van der Waals surface area contributed by atoms with Crippen LogP contribution in [0.3, 0.4) is 0 Å². The lowest BCUT2D eigenvalue weighted by atomic mass is 9.66. The molecule has 27 heavy (non-hydrogen) atoms. The van der Waals surface area contributed by atoms with Crippen LogP contribution in [0.15, 0.2) is 24.3 Å². The number of rotatable bonds is 2. The van der Waals surface area contributed by atoms with Crippen molar-refractivity contribution in [3.8, 4) is 0 Å². The molecule has 4 heterocycles. The van der Waals surface area contributed by atoms with Gasteiger partial charge in [-0.1, -0.05) is 31.5 Å². The number of benzene rings is 1. The Labute approximate surface area is 160 Å². The Morgan fingerprint density at radius 1 is 1.19 bits per heavy atom. The van der Waals surface area contributed by atoms with Gasteiger partial charge in [-0.2, -0.15) is 0 Å². The maximum Gasteiger partial charge on any atom is 0.225 e. The summed E-state index contributed by atoms with van der Waals surface area (Å²) in [6.07, 6.45) is 8.92. The summed E-state index contributed by atoms with van der Waals surface area (Å²) in [5.41, 5.74) is 3.86. The molecule has 1 amide bonds. The van der Waals surface area contributed by atoms with Crippen LogP contribution in [0.4, 0.5) is 0 Å². The number of amides is 1.